The molecule has 0 unspecified atom stereocenters. The van der Waals surface area contributed by atoms with Crippen molar-refractivity contribution < 1.29 is 28.7 Å². The zero-order valence-electron chi connectivity index (χ0n) is 13.1. The number of aryl methyl sites for hydroxylation is 1. The van der Waals surface area contributed by atoms with E-state index in [0.717, 1.165) is 14.2 Å². The van der Waals surface area contributed by atoms with Gasteiger partial charge in [-0.15, -0.1) is 0 Å². The van der Waals surface area contributed by atoms with E-state index in [-0.39, 0.29) is 16.8 Å². The highest BCUT2D eigenvalue weighted by Gasteiger charge is 2.31. The number of aromatic nitrogens is 1. The molecule has 0 saturated heterocycles. The standard InChI is InChI=1S/C16H15NO6/c1-8-6-5-7-10-11(13(18)15(20)22-3)9(2)12(17(8)10)14(19)16(21)23-4/h5-7H,1-4H3. The molecule has 120 valence electrons. The van der Waals surface area contributed by atoms with E-state index < -0.39 is 23.5 Å². The van der Waals surface area contributed by atoms with Crippen molar-refractivity contribution in [2.45, 2.75) is 13.8 Å². The average molecular weight is 317 g/mol. The quantitative estimate of drug-likeness (QED) is 0.479. The number of hydrogen-bond donors (Lipinski definition) is 0. The largest absolute Gasteiger partial charge is 0.463 e. The molecule has 2 heterocycles. The first-order valence-electron chi connectivity index (χ1n) is 6.71. The summed E-state index contributed by atoms with van der Waals surface area (Å²) >= 11 is 0. The average Bonchev–Trinajstić information content (AvgIpc) is 2.85. The van der Waals surface area contributed by atoms with Gasteiger partial charge in [-0.25, -0.2) is 9.59 Å². The second kappa shape index (κ2) is 6.04. The number of pyridine rings is 1. The normalized spacial score (nSPS) is 10.4. The van der Waals surface area contributed by atoms with Gasteiger partial charge in [-0.1, -0.05) is 6.07 Å². The summed E-state index contributed by atoms with van der Waals surface area (Å²) in [6, 6.07) is 4.99. The summed E-state index contributed by atoms with van der Waals surface area (Å²) in [6.07, 6.45) is 0. The molecular formula is C16H15NO6. The lowest BCUT2D eigenvalue weighted by molar-refractivity contribution is -0.135. The van der Waals surface area contributed by atoms with Gasteiger partial charge >= 0.3 is 11.9 Å². The molecule has 0 fully saturated rings. The van der Waals surface area contributed by atoms with Crippen molar-refractivity contribution >= 4 is 29.0 Å². The van der Waals surface area contributed by atoms with Crippen molar-refractivity contribution in [2.75, 3.05) is 14.2 Å². The van der Waals surface area contributed by atoms with Crippen LogP contribution < -0.4 is 0 Å². The van der Waals surface area contributed by atoms with Crippen LogP contribution in [0.25, 0.3) is 5.52 Å². The molecule has 2 aromatic heterocycles. The zero-order valence-corrected chi connectivity index (χ0v) is 13.1. The molecule has 0 aliphatic carbocycles. The van der Waals surface area contributed by atoms with Gasteiger partial charge in [-0.2, -0.15) is 0 Å². The SMILES string of the molecule is COC(=O)C(=O)c1c(C)c(C(=O)C(=O)OC)n2c(C)cccc12. The molecule has 0 aromatic carbocycles. The number of rotatable bonds is 4. The minimum atomic E-state index is -1.05. The monoisotopic (exact) mass is 317 g/mol. The summed E-state index contributed by atoms with van der Waals surface area (Å²) in [7, 11) is 2.19. The minimum Gasteiger partial charge on any atom is -0.463 e. The lowest BCUT2D eigenvalue weighted by atomic mass is 10.0. The molecule has 2 aromatic rings. The molecular weight excluding hydrogens is 302 g/mol. The maximum atomic E-state index is 12.3. The topological polar surface area (TPSA) is 91.2 Å². The molecule has 0 bridgehead atoms. The third-order valence-corrected chi connectivity index (χ3v) is 3.58. The van der Waals surface area contributed by atoms with Gasteiger partial charge in [-0.3, -0.25) is 9.59 Å². The molecule has 0 amide bonds. The first-order valence-corrected chi connectivity index (χ1v) is 6.71. The molecule has 0 radical (unpaired) electrons. The van der Waals surface area contributed by atoms with Gasteiger partial charge in [0.2, 0.25) is 0 Å². The van der Waals surface area contributed by atoms with E-state index >= 15 is 0 Å². The van der Waals surface area contributed by atoms with Crippen LogP contribution in [-0.4, -0.2) is 42.1 Å². The van der Waals surface area contributed by atoms with E-state index in [1.54, 1.807) is 25.1 Å². The van der Waals surface area contributed by atoms with Crippen molar-refractivity contribution in [3.8, 4) is 0 Å². The predicted molar refractivity (Wildman–Crippen MR) is 79.6 cm³/mol. The molecule has 7 heteroatoms. The van der Waals surface area contributed by atoms with Crippen LogP contribution in [0, 0.1) is 13.8 Å². The van der Waals surface area contributed by atoms with E-state index in [1.165, 1.54) is 11.3 Å². The van der Waals surface area contributed by atoms with E-state index in [2.05, 4.69) is 9.47 Å². The van der Waals surface area contributed by atoms with E-state index in [0.29, 0.717) is 11.2 Å². The Morgan fingerprint density at radius 2 is 1.48 bits per heavy atom. The van der Waals surface area contributed by atoms with Gasteiger partial charge in [0.25, 0.3) is 11.6 Å². The Labute approximate surface area is 131 Å². The Morgan fingerprint density at radius 1 is 0.913 bits per heavy atom. The van der Waals surface area contributed by atoms with Crippen LogP contribution in [0.4, 0.5) is 0 Å². The first kappa shape index (κ1) is 16.4. The fourth-order valence-electron chi connectivity index (χ4n) is 2.53. The van der Waals surface area contributed by atoms with Crippen LogP contribution in [0.15, 0.2) is 18.2 Å². The van der Waals surface area contributed by atoms with Gasteiger partial charge in [0.15, 0.2) is 0 Å². The number of esters is 2. The Hall–Kier alpha value is -2.96. The smallest absolute Gasteiger partial charge is 0.381 e. The highest BCUT2D eigenvalue weighted by molar-refractivity contribution is 6.45. The fraction of sp³-hybridized carbons (Fsp3) is 0.250. The van der Waals surface area contributed by atoms with Crippen molar-refractivity contribution in [1.82, 2.24) is 4.40 Å². The second-order valence-corrected chi connectivity index (χ2v) is 4.88. The molecule has 2 rings (SSSR count). The summed E-state index contributed by atoms with van der Waals surface area (Å²) in [5, 5.41) is 0. The Balaban J connectivity index is 2.86. The van der Waals surface area contributed by atoms with E-state index in [4.69, 9.17) is 0 Å². The third kappa shape index (κ3) is 2.50. The summed E-state index contributed by atoms with van der Waals surface area (Å²) < 4.78 is 10.4. The molecule has 0 aliphatic rings. The Kier molecular flexibility index (Phi) is 4.31. The maximum Gasteiger partial charge on any atom is 0.381 e. The second-order valence-electron chi connectivity index (χ2n) is 4.88. The molecule has 0 atom stereocenters. The summed E-state index contributed by atoms with van der Waals surface area (Å²) in [5.41, 5.74) is 1.24. The highest BCUT2D eigenvalue weighted by atomic mass is 16.5. The van der Waals surface area contributed by atoms with Gasteiger partial charge < -0.3 is 13.9 Å². The fourth-order valence-corrected chi connectivity index (χ4v) is 2.53. The molecule has 0 aliphatic heterocycles. The third-order valence-electron chi connectivity index (χ3n) is 3.58. The number of carbonyl (C=O) groups excluding carboxylic acids is 4. The van der Waals surface area contributed by atoms with E-state index in [1.807, 2.05) is 0 Å². The van der Waals surface area contributed by atoms with Crippen LogP contribution in [0.5, 0.6) is 0 Å². The predicted octanol–water partition coefficient (Wildman–Crippen LogP) is 1.27. The lowest BCUT2D eigenvalue weighted by Gasteiger charge is -2.05. The molecule has 0 saturated carbocycles. The summed E-state index contributed by atoms with van der Waals surface area (Å²) in [5.74, 6) is -3.86. The van der Waals surface area contributed by atoms with Crippen LogP contribution in [0.2, 0.25) is 0 Å². The number of nitrogens with zero attached hydrogens (tertiary/aromatic N) is 1. The highest BCUT2D eigenvalue weighted by Crippen LogP contribution is 2.26. The zero-order chi connectivity index (χ0) is 17.3. The van der Waals surface area contributed by atoms with Gasteiger partial charge in [0, 0.05) is 5.69 Å². The molecule has 0 N–H and O–H groups in total. The van der Waals surface area contributed by atoms with E-state index in [9.17, 15) is 19.2 Å². The summed E-state index contributed by atoms with van der Waals surface area (Å²) in [4.78, 5) is 47.8. The number of methoxy groups -OCH3 is 2. The van der Waals surface area contributed by atoms with Crippen LogP contribution in [0.1, 0.15) is 32.1 Å². The molecule has 0 spiro atoms. The number of fused-ring (bicyclic) bond motifs is 1. The Morgan fingerprint density at radius 3 is 2.04 bits per heavy atom. The Bertz CT molecular complexity index is 846. The van der Waals surface area contributed by atoms with Crippen LogP contribution in [-0.2, 0) is 19.1 Å². The van der Waals surface area contributed by atoms with Crippen molar-refractivity contribution in [3.63, 3.8) is 0 Å². The molecule has 23 heavy (non-hydrogen) atoms. The number of carbonyl (C=O) groups is 4. The maximum absolute atomic E-state index is 12.3. The van der Waals surface area contributed by atoms with Crippen molar-refractivity contribution in [2.24, 2.45) is 0 Å². The molecule has 7 nitrogen and oxygen atoms in total. The van der Waals surface area contributed by atoms with Gasteiger partial charge in [-0.05, 0) is 31.5 Å². The first-order chi connectivity index (χ1) is 10.8. The number of hydrogen-bond acceptors (Lipinski definition) is 6. The number of ketones is 2. The number of Topliss-reactive ketones (excluding diaryl/α,β-unsaturated/α-hetero) is 2. The van der Waals surface area contributed by atoms with Crippen molar-refractivity contribution in [1.29, 1.82) is 0 Å². The number of ether oxygens (including phenoxy) is 2. The van der Waals surface area contributed by atoms with Crippen molar-refractivity contribution in [3.05, 3.63) is 40.7 Å². The van der Waals surface area contributed by atoms with Gasteiger partial charge in [0.1, 0.15) is 5.69 Å². The minimum absolute atomic E-state index is 0.00259. The summed E-state index contributed by atoms with van der Waals surface area (Å²) in [6.45, 7) is 3.21. The van der Waals surface area contributed by atoms with Gasteiger partial charge in [0.05, 0.1) is 25.3 Å². The van der Waals surface area contributed by atoms with Crippen LogP contribution >= 0.6 is 0 Å². The lowest BCUT2D eigenvalue weighted by Crippen LogP contribution is -2.19. The van der Waals surface area contributed by atoms with Crippen LogP contribution in [0.3, 0.4) is 0 Å².